The van der Waals surface area contributed by atoms with Crippen molar-refractivity contribution in [2.75, 3.05) is 6.54 Å². The molecule has 136 valence electrons. The van der Waals surface area contributed by atoms with E-state index < -0.39 is 0 Å². The van der Waals surface area contributed by atoms with E-state index in [4.69, 9.17) is 0 Å². The Hall–Kier alpha value is -1.40. The van der Waals surface area contributed by atoms with Gasteiger partial charge in [-0.25, -0.2) is 0 Å². The number of hydrogen-bond acceptors (Lipinski definition) is 4. The Balaban J connectivity index is 1.35. The molecule has 2 saturated heterocycles. The first-order chi connectivity index (χ1) is 12.2. The smallest absolute Gasteiger partial charge is 0.245 e. The topological polar surface area (TPSA) is 61.4 Å². The lowest BCUT2D eigenvalue weighted by molar-refractivity contribution is -0.147. The molecular weight excluding hydrogens is 334 g/mol. The van der Waals surface area contributed by atoms with Crippen LogP contribution in [0.3, 0.4) is 0 Å². The number of rotatable bonds is 5. The SMILES string of the molecule is O=C1N[C@@H](CC2CCCCC2)C(=O)N2C[C@@H](NCc3cccs3)C[C@@H]12. The second-order valence-corrected chi connectivity index (χ2v) is 8.73. The summed E-state index contributed by atoms with van der Waals surface area (Å²) in [6.45, 7) is 1.47. The van der Waals surface area contributed by atoms with E-state index in [1.54, 1.807) is 11.3 Å². The van der Waals surface area contributed by atoms with Crippen LogP contribution in [0.1, 0.15) is 49.8 Å². The molecule has 5 nitrogen and oxygen atoms in total. The predicted octanol–water partition coefficient (Wildman–Crippen LogP) is 2.28. The van der Waals surface area contributed by atoms with Crippen molar-refractivity contribution >= 4 is 23.2 Å². The summed E-state index contributed by atoms with van der Waals surface area (Å²) in [4.78, 5) is 28.5. The maximum absolute atomic E-state index is 12.9. The summed E-state index contributed by atoms with van der Waals surface area (Å²) in [5.41, 5.74) is 0. The van der Waals surface area contributed by atoms with Crippen LogP contribution < -0.4 is 10.6 Å². The Morgan fingerprint density at radius 3 is 2.84 bits per heavy atom. The van der Waals surface area contributed by atoms with Gasteiger partial charge in [-0.1, -0.05) is 38.2 Å². The van der Waals surface area contributed by atoms with Crippen LogP contribution >= 0.6 is 11.3 Å². The number of nitrogens with zero attached hydrogens (tertiary/aromatic N) is 1. The van der Waals surface area contributed by atoms with Crippen LogP contribution in [0.15, 0.2) is 17.5 Å². The van der Waals surface area contributed by atoms with E-state index in [2.05, 4.69) is 22.1 Å². The second kappa shape index (κ2) is 7.46. The van der Waals surface area contributed by atoms with Crippen LogP contribution in [-0.4, -0.2) is 41.4 Å². The van der Waals surface area contributed by atoms with Crippen LogP contribution in [0.5, 0.6) is 0 Å². The molecule has 6 heteroatoms. The summed E-state index contributed by atoms with van der Waals surface area (Å²) < 4.78 is 0. The van der Waals surface area contributed by atoms with Crippen molar-refractivity contribution in [3.8, 4) is 0 Å². The number of carbonyl (C=O) groups is 2. The molecule has 2 aliphatic heterocycles. The Kier molecular flexibility index (Phi) is 5.08. The van der Waals surface area contributed by atoms with Gasteiger partial charge >= 0.3 is 0 Å². The minimum Gasteiger partial charge on any atom is -0.342 e. The first-order valence-corrected chi connectivity index (χ1v) is 10.5. The number of thiophene rings is 1. The Bertz CT molecular complexity index is 612. The van der Waals surface area contributed by atoms with Crippen molar-refractivity contribution in [3.63, 3.8) is 0 Å². The second-order valence-electron chi connectivity index (χ2n) is 7.70. The van der Waals surface area contributed by atoms with Crippen LogP contribution in [0, 0.1) is 5.92 Å². The third-order valence-corrected chi connectivity index (χ3v) is 6.82. The highest BCUT2D eigenvalue weighted by atomic mass is 32.1. The van der Waals surface area contributed by atoms with E-state index in [0.29, 0.717) is 12.5 Å². The molecule has 25 heavy (non-hydrogen) atoms. The van der Waals surface area contributed by atoms with Crippen LogP contribution in [-0.2, 0) is 16.1 Å². The molecule has 1 aliphatic carbocycles. The monoisotopic (exact) mass is 361 g/mol. The molecule has 0 aromatic carbocycles. The van der Waals surface area contributed by atoms with Crippen molar-refractivity contribution in [1.29, 1.82) is 0 Å². The van der Waals surface area contributed by atoms with Crippen LogP contribution in [0.2, 0.25) is 0 Å². The summed E-state index contributed by atoms with van der Waals surface area (Å²) in [5, 5.41) is 8.60. The zero-order valence-electron chi connectivity index (χ0n) is 14.6. The highest BCUT2D eigenvalue weighted by molar-refractivity contribution is 7.09. The largest absolute Gasteiger partial charge is 0.342 e. The number of piperazine rings is 1. The quantitative estimate of drug-likeness (QED) is 0.846. The molecular formula is C19H27N3O2S. The summed E-state index contributed by atoms with van der Waals surface area (Å²) in [6, 6.07) is 3.78. The molecule has 2 N–H and O–H groups in total. The van der Waals surface area contributed by atoms with E-state index in [-0.39, 0.29) is 29.9 Å². The molecule has 1 aromatic heterocycles. The zero-order valence-corrected chi connectivity index (χ0v) is 15.4. The first-order valence-electron chi connectivity index (χ1n) is 9.57. The number of fused-ring (bicyclic) bond motifs is 1. The molecule has 1 aromatic rings. The van der Waals surface area contributed by atoms with E-state index in [0.717, 1.165) is 19.4 Å². The predicted molar refractivity (Wildman–Crippen MR) is 98.2 cm³/mol. The van der Waals surface area contributed by atoms with E-state index in [1.165, 1.54) is 37.0 Å². The van der Waals surface area contributed by atoms with Crippen LogP contribution in [0.25, 0.3) is 0 Å². The molecule has 4 rings (SSSR count). The van der Waals surface area contributed by atoms with Gasteiger partial charge in [-0.2, -0.15) is 0 Å². The highest BCUT2D eigenvalue weighted by Crippen LogP contribution is 2.30. The number of carbonyl (C=O) groups excluding carboxylic acids is 2. The minimum atomic E-state index is -0.303. The third kappa shape index (κ3) is 3.75. The molecule has 0 spiro atoms. The first kappa shape index (κ1) is 17.0. The fourth-order valence-electron chi connectivity index (χ4n) is 4.58. The Morgan fingerprint density at radius 2 is 2.08 bits per heavy atom. The summed E-state index contributed by atoms with van der Waals surface area (Å²) in [6.07, 6.45) is 7.79. The Labute approximate surface area is 153 Å². The highest BCUT2D eigenvalue weighted by Gasteiger charge is 2.46. The fraction of sp³-hybridized carbons (Fsp3) is 0.684. The van der Waals surface area contributed by atoms with Crippen molar-refractivity contribution in [1.82, 2.24) is 15.5 Å². The lowest BCUT2D eigenvalue weighted by atomic mass is 9.84. The van der Waals surface area contributed by atoms with Gasteiger partial charge in [0.05, 0.1) is 0 Å². The van der Waals surface area contributed by atoms with E-state index in [9.17, 15) is 9.59 Å². The standard InChI is InChI=1S/C19H27N3O2S/c23-18-17-10-14(20-11-15-7-4-8-25-15)12-22(17)19(24)16(21-18)9-13-5-2-1-3-6-13/h4,7-8,13-14,16-17,20H,1-3,5-6,9-12H2,(H,21,23)/t14-,16-,17-/m0/s1. The molecule has 2 amide bonds. The summed E-state index contributed by atoms with van der Waals surface area (Å²) >= 11 is 1.73. The molecule has 1 saturated carbocycles. The summed E-state index contributed by atoms with van der Waals surface area (Å²) in [7, 11) is 0. The zero-order chi connectivity index (χ0) is 17.2. The van der Waals surface area contributed by atoms with Gasteiger partial charge < -0.3 is 15.5 Å². The van der Waals surface area contributed by atoms with E-state index in [1.807, 2.05) is 11.0 Å². The van der Waals surface area contributed by atoms with E-state index >= 15 is 0 Å². The number of amides is 2. The minimum absolute atomic E-state index is 0.0424. The maximum atomic E-state index is 12.9. The van der Waals surface area contributed by atoms with Crippen molar-refractivity contribution in [2.24, 2.45) is 5.92 Å². The Morgan fingerprint density at radius 1 is 1.24 bits per heavy atom. The molecule has 3 aliphatic rings. The van der Waals surface area contributed by atoms with Crippen molar-refractivity contribution in [2.45, 2.75) is 69.6 Å². The van der Waals surface area contributed by atoms with Gasteiger partial charge in [0, 0.05) is 24.0 Å². The molecule has 0 unspecified atom stereocenters. The van der Waals surface area contributed by atoms with Crippen molar-refractivity contribution < 1.29 is 9.59 Å². The summed E-state index contributed by atoms with van der Waals surface area (Å²) in [5.74, 6) is 0.770. The maximum Gasteiger partial charge on any atom is 0.245 e. The van der Waals surface area contributed by atoms with Crippen molar-refractivity contribution in [3.05, 3.63) is 22.4 Å². The number of hydrogen-bond donors (Lipinski definition) is 2. The van der Waals surface area contributed by atoms with Gasteiger partial charge in [0.15, 0.2) is 0 Å². The molecule has 3 heterocycles. The average Bonchev–Trinajstić information content (AvgIpc) is 3.28. The van der Waals surface area contributed by atoms with Gasteiger partial charge in [0.25, 0.3) is 0 Å². The number of nitrogens with one attached hydrogen (secondary N) is 2. The van der Waals surface area contributed by atoms with Gasteiger partial charge in [-0.05, 0) is 30.2 Å². The van der Waals surface area contributed by atoms with Crippen LogP contribution in [0.4, 0.5) is 0 Å². The molecule has 3 atom stereocenters. The third-order valence-electron chi connectivity index (χ3n) is 5.94. The molecule has 3 fully saturated rings. The van der Waals surface area contributed by atoms with Gasteiger partial charge in [0.2, 0.25) is 11.8 Å². The van der Waals surface area contributed by atoms with Gasteiger partial charge in [-0.15, -0.1) is 11.3 Å². The fourth-order valence-corrected chi connectivity index (χ4v) is 5.24. The average molecular weight is 362 g/mol. The molecule has 0 radical (unpaired) electrons. The lowest BCUT2D eigenvalue weighted by Crippen LogP contribution is -2.61. The van der Waals surface area contributed by atoms with Gasteiger partial charge in [-0.3, -0.25) is 9.59 Å². The van der Waals surface area contributed by atoms with Gasteiger partial charge in [0.1, 0.15) is 12.1 Å². The normalized spacial score (nSPS) is 30.4. The molecule has 0 bridgehead atoms. The lowest BCUT2D eigenvalue weighted by Gasteiger charge is -2.36.